The summed E-state index contributed by atoms with van der Waals surface area (Å²) in [5.41, 5.74) is 17.3. The number of unbranched alkanes of at least 4 members (excludes halogenated alkanes) is 1. The van der Waals surface area contributed by atoms with Crippen LogP contribution in [-0.4, -0.2) is 42.4 Å². The highest BCUT2D eigenvalue weighted by atomic mass is 16.2. The predicted octanol–water partition coefficient (Wildman–Crippen LogP) is -0.840. The summed E-state index contributed by atoms with van der Waals surface area (Å²) in [6.07, 6.45) is 2.07. The Labute approximate surface area is 153 Å². The van der Waals surface area contributed by atoms with E-state index in [1.165, 1.54) is 6.92 Å². The fraction of sp³-hybridized carbons (Fsp3) is 0.500. The molecule has 0 bridgehead atoms. The first-order chi connectivity index (χ1) is 12.3. The van der Waals surface area contributed by atoms with Crippen molar-refractivity contribution < 1.29 is 14.4 Å². The number of amides is 3. The summed E-state index contributed by atoms with van der Waals surface area (Å²) < 4.78 is 0. The molecular weight excluding hydrogens is 334 g/mol. The van der Waals surface area contributed by atoms with E-state index in [0.29, 0.717) is 19.4 Å². The lowest BCUT2D eigenvalue weighted by Crippen LogP contribution is -2.55. The van der Waals surface area contributed by atoms with Gasteiger partial charge in [-0.2, -0.15) is 0 Å². The van der Waals surface area contributed by atoms with E-state index in [-0.39, 0.29) is 6.42 Å². The average molecular weight is 363 g/mol. The van der Waals surface area contributed by atoms with E-state index in [2.05, 4.69) is 10.6 Å². The Morgan fingerprint density at radius 1 is 1.00 bits per heavy atom. The highest BCUT2D eigenvalue weighted by Crippen LogP contribution is 2.06. The van der Waals surface area contributed by atoms with Crippen molar-refractivity contribution in [2.75, 3.05) is 6.54 Å². The summed E-state index contributed by atoms with van der Waals surface area (Å²) in [5, 5.41) is 5.26. The van der Waals surface area contributed by atoms with E-state index in [1.54, 1.807) is 0 Å². The molecule has 8 nitrogen and oxygen atoms in total. The number of rotatable bonds is 11. The molecule has 0 aliphatic heterocycles. The lowest BCUT2D eigenvalue weighted by Gasteiger charge is -2.23. The zero-order chi connectivity index (χ0) is 19.5. The van der Waals surface area contributed by atoms with Crippen LogP contribution in [0.1, 0.15) is 31.7 Å². The molecule has 144 valence electrons. The molecule has 8 N–H and O–H groups in total. The maximum absolute atomic E-state index is 12.7. The van der Waals surface area contributed by atoms with Crippen LogP contribution < -0.4 is 27.8 Å². The van der Waals surface area contributed by atoms with Crippen molar-refractivity contribution in [3.63, 3.8) is 0 Å². The Kier molecular flexibility index (Phi) is 9.32. The summed E-state index contributed by atoms with van der Waals surface area (Å²) in [4.78, 5) is 36.2. The van der Waals surface area contributed by atoms with Crippen molar-refractivity contribution in [1.29, 1.82) is 0 Å². The maximum atomic E-state index is 12.7. The summed E-state index contributed by atoms with van der Waals surface area (Å²) in [6, 6.07) is 6.84. The lowest BCUT2D eigenvalue weighted by atomic mass is 10.0. The summed E-state index contributed by atoms with van der Waals surface area (Å²) in [5.74, 6) is -1.54. The highest BCUT2D eigenvalue weighted by molar-refractivity contribution is 5.92. The molecule has 1 aromatic rings. The standard InChI is InChI=1S/C18H29N5O3/c1-12(20)17(25)23-15(11-13-7-3-2-4-8-13)18(26)22-14(16(21)24)9-5-6-10-19/h2-4,7-8,12,14-15H,5-6,9-11,19-20H2,1H3,(H2,21,24)(H,22,26)(H,23,25)/t12-,14?,15+/m0/s1. The largest absolute Gasteiger partial charge is 0.368 e. The van der Waals surface area contributed by atoms with Gasteiger partial charge in [-0.3, -0.25) is 14.4 Å². The van der Waals surface area contributed by atoms with Crippen LogP contribution >= 0.6 is 0 Å². The first-order valence-corrected chi connectivity index (χ1v) is 8.74. The van der Waals surface area contributed by atoms with Gasteiger partial charge < -0.3 is 27.8 Å². The fourth-order valence-corrected chi connectivity index (χ4v) is 2.41. The van der Waals surface area contributed by atoms with Gasteiger partial charge in [0.25, 0.3) is 0 Å². The molecule has 0 aromatic heterocycles. The first kappa shape index (κ1) is 21.6. The number of carbonyl (C=O) groups is 3. The smallest absolute Gasteiger partial charge is 0.243 e. The molecule has 0 radical (unpaired) electrons. The van der Waals surface area contributed by atoms with Crippen LogP contribution in [0.15, 0.2) is 30.3 Å². The van der Waals surface area contributed by atoms with Crippen LogP contribution in [0.2, 0.25) is 0 Å². The van der Waals surface area contributed by atoms with E-state index >= 15 is 0 Å². The van der Waals surface area contributed by atoms with Gasteiger partial charge in [0.05, 0.1) is 6.04 Å². The molecule has 3 atom stereocenters. The number of nitrogens with two attached hydrogens (primary N) is 3. The molecular formula is C18H29N5O3. The highest BCUT2D eigenvalue weighted by Gasteiger charge is 2.26. The predicted molar refractivity (Wildman–Crippen MR) is 99.8 cm³/mol. The Bertz CT molecular complexity index is 592. The summed E-state index contributed by atoms with van der Waals surface area (Å²) in [6.45, 7) is 2.03. The number of benzene rings is 1. The molecule has 8 heteroatoms. The number of primary amides is 1. The van der Waals surface area contributed by atoms with Gasteiger partial charge in [-0.15, -0.1) is 0 Å². The quantitative estimate of drug-likeness (QED) is 0.324. The molecule has 0 aliphatic carbocycles. The van der Waals surface area contributed by atoms with E-state index in [0.717, 1.165) is 12.0 Å². The number of nitrogens with one attached hydrogen (secondary N) is 2. The minimum atomic E-state index is -0.854. The van der Waals surface area contributed by atoms with Crippen molar-refractivity contribution in [1.82, 2.24) is 10.6 Å². The van der Waals surface area contributed by atoms with Gasteiger partial charge in [-0.05, 0) is 38.3 Å². The molecule has 26 heavy (non-hydrogen) atoms. The second kappa shape index (κ2) is 11.2. The van der Waals surface area contributed by atoms with E-state index in [1.807, 2.05) is 30.3 Å². The third-order valence-corrected chi connectivity index (χ3v) is 3.94. The molecule has 1 aromatic carbocycles. The minimum absolute atomic E-state index is 0.277. The van der Waals surface area contributed by atoms with Gasteiger partial charge in [0.1, 0.15) is 12.1 Å². The zero-order valence-corrected chi connectivity index (χ0v) is 15.1. The second-order valence-corrected chi connectivity index (χ2v) is 6.29. The van der Waals surface area contributed by atoms with Crippen LogP contribution in [0, 0.1) is 0 Å². The van der Waals surface area contributed by atoms with Gasteiger partial charge in [-0.25, -0.2) is 0 Å². The molecule has 3 amide bonds. The van der Waals surface area contributed by atoms with Crippen LogP contribution in [0.3, 0.4) is 0 Å². The normalized spacial score (nSPS) is 14.1. The molecule has 0 saturated carbocycles. The van der Waals surface area contributed by atoms with Gasteiger partial charge in [0, 0.05) is 6.42 Å². The molecule has 0 aliphatic rings. The van der Waals surface area contributed by atoms with Crippen LogP contribution in [-0.2, 0) is 20.8 Å². The van der Waals surface area contributed by atoms with Gasteiger partial charge in [-0.1, -0.05) is 30.3 Å². The van der Waals surface area contributed by atoms with Crippen molar-refractivity contribution in [3.8, 4) is 0 Å². The summed E-state index contributed by atoms with van der Waals surface area (Å²) >= 11 is 0. The Hall–Kier alpha value is -2.45. The van der Waals surface area contributed by atoms with E-state index < -0.39 is 35.8 Å². The Balaban J connectivity index is 2.83. The second-order valence-electron chi connectivity index (χ2n) is 6.29. The monoisotopic (exact) mass is 363 g/mol. The molecule has 0 spiro atoms. The summed E-state index contributed by atoms with van der Waals surface area (Å²) in [7, 11) is 0. The molecule has 1 unspecified atom stereocenters. The van der Waals surface area contributed by atoms with Gasteiger partial charge in [0.2, 0.25) is 17.7 Å². The number of carbonyl (C=O) groups excluding carboxylic acids is 3. The first-order valence-electron chi connectivity index (χ1n) is 8.74. The molecule has 0 saturated heterocycles. The van der Waals surface area contributed by atoms with Crippen molar-refractivity contribution >= 4 is 17.7 Å². The number of hydrogen-bond donors (Lipinski definition) is 5. The molecule has 0 fully saturated rings. The van der Waals surface area contributed by atoms with Crippen LogP contribution in [0.25, 0.3) is 0 Å². The number of hydrogen-bond acceptors (Lipinski definition) is 5. The van der Waals surface area contributed by atoms with Crippen molar-refractivity contribution in [2.45, 2.75) is 50.7 Å². The van der Waals surface area contributed by atoms with E-state index in [9.17, 15) is 14.4 Å². The minimum Gasteiger partial charge on any atom is -0.368 e. The maximum Gasteiger partial charge on any atom is 0.243 e. The Morgan fingerprint density at radius 2 is 1.62 bits per heavy atom. The van der Waals surface area contributed by atoms with E-state index in [4.69, 9.17) is 17.2 Å². The lowest BCUT2D eigenvalue weighted by molar-refractivity contribution is -0.131. The Morgan fingerprint density at radius 3 is 2.15 bits per heavy atom. The van der Waals surface area contributed by atoms with Crippen molar-refractivity contribution in [3.05, 3.63) is 35.9 Å². The van der Waals surface area contributed by atoms with Crippen LogP contribution in [0.4, 0.5) is 0 Å². The van der Waals surface area contributed by atoms with Gasteiger partial charge >= 0.3 is 0 Å². The molecule has 1 rings (SSSR count). The van der Waals surface area contributed by atoms with Crippen LogP contribution in [0.5, 0.6) is 0 Å². The SMILES string of the molecule is C[C@H](N)C(=O)N[C@H](Cc1ccccc1)C(=O)NC(CCCCN)C(N)=O. The van der Waals surface area contributed by atoms with Crippen molar-refractivity contribution in [2.24, 2.45) is 17.2 Å². The topological polar surface area (TPSA) is 153 Å². The third-order valence-electron chi connectivity index (χ3n) is 3.94. The van der Waals surface area contributed by atoms with Gasteiger partial charge in [0.15, 0.2) is 0 Å². The average Bonchev–Trinajstić information content (AvgIpc) is 2.60. The third kappa shape index (κ3) is 7.62. The fourth-order valence-electron chi connectivity index (χ4n) is 2.41. The zero-order valence-electron chi connectivity index (χ0n) is 15.1. The molecule has 0 heterocycles.